The number of rotatable bonds is 4. The van der Waals surface area contributed by atoms with Crippen molar-refractivity contribution < 1.29 is 4.74 Å². The molecule has 1 aromatic heterocycles. The molecule has 0 aliphatic heterocycles. The summed E-state index contributed by atoms with van der Waals surface area (Å²) >= 11 is 29.9. The molecule has 0 fully saturated rings. The largest absolute Gasteiger partial charge is 0.480 e. The molecular formula is C11H12Cl5NO. The summed E-state index contributed by atoms with van der Waals surface area (Å²) in [5.41, 5.74) is 0.842. The Bertz CT molecular complexity index is 430. The van der Waals surface area contributed by atoms with Crippen LogP contribution >= 0.6 is 58.0 Å². The predicted molar refractivity (Wildman–Crippen MR) is 78.7 cm³/mol. The van der Waals surface area contributed by atoms with E-state index in [1.807, 2.05) is 0 Å². The van der Waals surface area contributed by atoms with Crippen LogP contribution in [0.3, 0.4) is 0 Å². The van der Waals surface area contributed by atoms with Gasteiger partial charge in [-0.1, -0.05) is 71.3 Å². The highest BCUT2D eigenvalue weighted by Gasteiger charge is 2.31. The van der Waals surface area contributed by atoms with Gasteiger partial charge in [0.15, 0.2) is 0 Å². The third-order valence-electron chi connectivity index (χ3n) is 2.38. The van der Waals surface area contributed by atoms with E-state index in [9.17, 15) is 0 Å². The van der Waals surface area contributed by atoms with Crippen LogP contribution in [0.25, 0.3) is 0 Å². The molecular weight excluding hydrogens is 339 g/mol. The molecule has 0 saturated heterocycles. The van der Waals surface area contributed by atoms with E-state index < -0.39 is 3.79 Å². The standard InChI is InChI=1S/C11H12Cl5NO/c1-3-4-5-6-7(12)9(11(14,15)16)17-10(18-2)8(6)13/h3-5H2,1-2H3. The van der Waals surface area contributed by atoms with E-state index in [2.05, 4.69) is 11.9 Å². The van der Waals surface area contributed by atoms with Gasteiger partial charge < -0.3 is 4.74 Å². The molecule has 0 saturated carbocycles. The molecule has 0 N–H and O–H groups in total. The average molecular weight is 351 g/mol. The Kier molecular flexibility index (Phi) is 6.14. The van der Waals surface area contributed by atoms with Crippen LogP contribution in [0.15, 0.2) is 0 Å². The number of unbranched alkanes of at least 4 members (excludes halogenated alkanes) is 1. The number of alkyl halides is 3. The zero-order valence-corrected chi connectivity index (χ0v) is 13.6. The number of methoxy groups -OCH3 is 1. The van der Waals surface area contributed by atoms with Gasteiger partial charge in [-0.25, -0.2) is 4.98 Å². The molecule has 7 heteroatoms. The van der Waals surface area contributed by atoms with Gasteiger partial charge in [0.05, 0.1) is 12.1 Å². The van der Waals surface area contributed by atoms with Crippen molar-refractivity contribution in [2.45, 2.75) is 30.0 Å². The summed E-state index contributed by atoms with van der Waals surface area (Å²) in [6, 6.07) is 0. The van der Waals surface area contributed by atoms with Crippen LogP contribution in [0.5, 0.6) is 5.88 Å². The molecule has 0 unspecified atom stereocenters. The molecule has 1 aromatic rings. The van der Waals surface area contributed by atoms with Crippen LogP contribution in [-0.2, 0) is 10.2 Å². The normalized spacial score (nSPS) is 11.7. The van der Waals surface area contributed by atoms with Gasteiger partial charge in [0.1, 0.15) is 10.7 Å². The predicted octanol–water partition coefficient (Wildman–Crippen LogP) is 5.57. The number of hydrogen-bond acceptors (Lipinski definition) is 2. The van der Waals surface area contributed by atoms with Crippen molar-refractivity contribution >= 4 is 58.0 Å². The number of aromatic nitrogens is 1. The fourth-order valence-electron chi connectivity index (χ4n) is 1.46. The fourth-order valence-corrected chi connectivity index (χ4v) is 2.75. The maximum atomic E-state index is 6.21. The number of pyridine rings is 1. The molecule has 0 aliphatic rings. The first kappa shape index (κ1) is 16.5. The van der Waals surface area contributed by atoms with Gasteiger partial charge in [0.2, 0.25) is 9.67 Å². The monoisotopic (exact) mass is 349 g/mol. The van der Waals surface area contributed by atoms with E-state index in [1.165, 1.54) is 7.11 Å². The second kappa shape index (κ2) is 6.71. The second-order valence-corrected chi connectivity index (χ2v) is 6.71. The van der Waals surface area contributed by atoms with Gasteiger partial charge in [-0.05, 0) is 18.4 Å². The number of halogens is 5. The third-order valence-corrected chi connectivity index (χ3v) is 3.72. The van der Waals surface area contributed by atoms with E-state index in [4.69, 9.17) is 62.7 Å². The molecule has 0 aliphatic carbocycles. The number of hydrogen-bond donors (Lipinski definition) is 0. The zero-order valence-electron chi connectivity index (χ0n) is 9.87. The highest BCUT2D eigenvalue weighted by Crippen LogP contribution is 2.45. The first-order valence-electron chi connectivity index (χ1n) is 5.32. The van der Waals surface area contributed by atoms with Crippen LogP contribution < -0.4 is 4.74 Å². The maximum Gasteiger partial charge on any atom is 0.234 e. The van der Waals surface area contributed by atoms with E-state index >= 15 is 0 Å². The Morgan fingerprint density at radius 3 is 2.22 bits per heavy atom. The summed E-state index contributed by atoms with van der Waals surface area (Å²) in [6.07, 6.45) is 2.60. The molecule has 2 nitrogen and oxygen atoms in total. The van der Waals surface area contributed by atoms with Gasteiger partial charge in [0, 0.05) is 0 Å². The highest BCUT2D eigenvalue weighted by molar-refractivity contribution is 6.67. The minimum Gasteiger partial charge on any atom is -0.480 e. The Hall–Kier alpha value is 0.400. The summed E-state index contributed by atoms with van der Waals surface area (Å²) < 4.78 is 3.37. The molecule has 18 heavy (non-hydrogen) atoms. The second-order valence-electron chi connectivity index (χ2n) is 3.68. The zero-order chi connectivity index (χ0) is 13.9. The lowest BCUT2D eigenvalue weighted by molar-refractivity contribution is 0.396. The van der Waals surface area contributed by atoms with Gasteiger partial charge in [0.25, 0.3) is 0 Å². The summed E-state index contributed by atoms with van der Waals surface area (Å²) in [5.74, 6) is 0.216. The summed E-state index contributed by atoms with van der Waals surface area (Å²) in [6.45, 7) is 2.07. The van der Waals surface area contributed by atoms with Crippen LogP contribution in [-0.4, -0.2) is 12.1 Å². The van der Waals surface area contributed by atoms with E-state index in [0.717, 1.165) is 12.8 Å². The van der Waals surface area contributed by atoms with Crippen molar-refractivity contribution in [2.75, 3.05) is 7.11 Å². The molecule has 102 valence electrons. The molecule has 0 atom stereocenters. The minimum absolute atomic E-state index is 0.140. The smallest absolute Gasteiger partial charge is 0.234 e. The Morgan fingerprint density at radius 2 is 1.78 bits per heavy atom. The summed E-state index contributed by atoms with van der Waals surface area (Å²) in [4.78, 5) is 4.05. The Labute approximate surface area is 131 Å². The Balaban J connectivity index is 3.38. The van der Waals surface area contributed by atoms with Gasteiger partial charge >= 0.3 is 0 Å². The molecule has 0 bridgehead atoms. The molecule has 0 aromatic carbocycles. The molecule has 0 spiro atoms. The van der Waals surface area contributed by atoms with Crippen molar-refractivity contribution in [1.29, 1.82) is 0 Å². The van der Waals surface area contributed by atoms with Crippen molar-refractivity contribution in [1.82, 2.24) is 4.98 Å². The summed E-state index contributed by atoms with van der Waals surface area (Å²) in [5, 5.41) is 0.656. The van der Waals surface area contributed by atoms with Crippen LogP contribution in [0.4, 0.5) is 0 Å². The van der Waals surface area contributed by atoms with Crippen molar-refractivity contribution in [3.63, 3.8) is 0 Å². The quantitative estimate of drug-likeness (QED) is 0.662. The minimum atomic E-state index is -1.71. The lowest BCUT2D eigenvalue weighted by Gasteiger charge is -2.18. The number of ether oxygens (including phenoxy) is 1. The number of nitrogens with zero attached hydrogens (tertiary/aromatic N) is 1. The maximum absolute atomic E-state index is 6.21. The first-order valence-corrected chi connectivity index (χ1v) is 7.20. The van der Waals surface area contributed by atoms with E-state index in [1.54, 1.807) is 0 Å². The van der Waals surface area contributed by atoms with Gasteiger partial charge in [-0.3, -0.25) is 0 Å². The lowest BCUT2D eigenvalue weighted by Crippen LogP contribution is -2.09. The van der Waals surface area contributed by atoms with Gasteiger partial charge in [-0.2, -0.15) is 0 Å². The Morgan fingerprint density at radius 1 is 1.17 bits per heavy atom. The van der Waals surface area contributed by atoms with Crippen LogP contribution in [0.1, 0.15) is 31.0 Å². The average Bonchev–Trinajstić information content (AvgIpc) is 2.27. The van der Waals surface area contributed by atoms with E-state index in [0.29, 0.717) is 17.0 Å². The van der Waals surface area contributed by atoms with Gasteiger partial charge in [-0.15, -0.1) is 0 Å². The van der Waals surface area contributed by atoms with Crippen molar-refractivity contribution in [3.8, 4) is 5.88 Å². The van der Waals surface area contributed by atoms with Crippen molar-refractivity contribution in [2.24, 2.45) is 0 Å². The first-order chi connectivity index (χ1) is 8.32. The molecule has 0 amide bonds. The highest BCUT2D eigenvalue weighted by atomic mass is 35.6. The molecule has 1 rings (SSSR count). The topological polar surface area (TPSA) is 22.1 Å². The molecule has 1 heterocycles. The van der Waals surface area contributed by atoms with E-state index in [-0.39, 0.29) is 16.6 Å². The third kappa shape index (κ3) is 3.71. The SMILES string of the molecule is CCCCc1c(Cl)c(OC)nc(C(Cl)(Cl)Cl)c1Cl. The van der Waals surface area contributed by atoms with Crippen LogP contribution in [0.2, 0.25) is 10.0 Å². The van der Waals surface area contributed by atoms with Crippen molar-refractivity contribution in [3.05, 3.63) is 21.3 Å². The molecule has 0 radical (unpaired) electrons. The summed E-state index contributed by atoms with van der Waals surface area (Å²) in [7, 11) is 1.45. The lowest BCUT2D eigenvalue weighted by atomic mass is 10.1. The van der Waals surface area contributed by atoms with Crippen LogP contribution in [0, 0.1) is 0 Å². The fraction of sp³-hybridized carbons (Fsp3) is 0.545.